The number of carbonyl (C=O) groups excluding carboxylic acids is 1. The highest BCUT2D eigenvalue weighted by molar-refractivity contribution is 6.32. The predicted octanol–water partition coefficient (Wildman–Crippen LogP) is 1.52. The maximum absolute atomic E-state index is 12.1. The van der Waals surface area contributed by atoms with Gasteiger partial charge in [0.15, 0.2) is 11.5 Å². The molecule has 7 nitrogen and oxygen atoms in total. The lowest BCUT2D eigenvalue weighted by Gasteiger charge is -2.12. The fourth-order valence-corrected chi connectivity index (χ4v) is 2.57. The Labute approximate surface area is 143 Å². The average molecular weight is 350 g/mol. The molecular weight excluding hydrogens is 334 g/mol. The van der Waals surface area contributed by atoms with Crippen LogP contribution in [-0.4, -0.2) is 28.9 Å². The van der Waals surface area contributed by atoms with Gasteiger partial charge in [0.2, 0.25) is 0 Å². The molecule has 0 spiro atoms. The van der Waals surface area contributed by atoms with E-state index in [1.165, 1.54) is 19.2 Å². The highest BCUT2D eigenvalue weighted by atomic mass is 35.5. The largest absolute Gasteiger partial charge is 0.489 e. The number of nitrogens with zero attached hydrogens (tertiary/aromatic N) is 2. The Bertz CT molecular complexity index is 835. The lowest BCUT2D eigenvalue weighted by molar-refractivity contribution is 0.0943. The average Bonchev–Trinajstić information content (AvgIpc) is 2.81. The van der Waals surface area contributed by atoms with Crippen molar-refractivity contribution in [3.63, 3.8) is 0 Å². The van der Waals surface area contributed by atoms with Crippen molar-refractivity contribution in [2.45, 2.75) is 13.0 Å². The molecule has 24 heavy (non-hydrogen) atoms. The van der Waals surface area contributed by atoms with Crippen LogP contribution >= 0.6 is 11.6 Å². The van der Waals surface area contributed by atoms with Crippen LogP contribution in [0.25, 0.3) is 0 Å². The second-order valence-electron chi connectivity index (χ2n) is 5.32. The SMILES string of the molecule is Cn1nc(C(=O)NCc2cc(Cl)c3c(c2)OCCCO3)ccc1=O. The third kappa shape index (κ3) is 3.51. The minimum atomic E-state index is -0.381. The third-order valence-corrected chi connectivity index (χ3v) is 3.79. The smallest absolute Gasteiger partial charge is 0.271 e. The van der Waals surface area contributed by atoms with Gasteiger partial charge in [0.05, 0.1) is 18.2 Å². The molecular formula is C16H16ClN3O4. The van der Waals surface area contributed by atoms with Crippen molar-refractivity contribution in [1.82, 2.24) is 15.1 Å². The van der Waals surface area contributed by atoms with Crippen LogP contribution in [0, 0.1) is 0 Å². The molecule has 1 N–H and O–H groups in total. The molecule has 0 fully saturated rings. The van der Waals surface area contributed by atoms with Gasteiger partial charge in [-0.3, -0.25) is 9.59 Å². The standard InChI is InChI=1S/C16H16ClN3O4/c1-20-14(21)4-3-12(19-20)16(22)18-9-10-7-11(17)15-13(8-10)23-5-2-6-24-15/h3-4,7-8H,2,5-6,9H2,1H3,(H,18,22). The number of nitrogens with one attached hydrogen (secondary N) is 1. The van der Waals surface area contributed by atoms with Gasteiger partial charge < -0.3 is 14.8 Å². The number of benzene rings is 1. The first-order chi connectivity index (χ1) is 11.5. The zero-order chi connectivity index (χ0) is 17.1. The highest BCUT2D eigenvalue weighted by Gasteiger charge is 2.16. The van der Waals surface area contributed by atoms with E-state index in [4.69, 9.17) is 21.1 Å². The Morgan fingerprint density at radius 1 is 1.33 bits per heavy atom. The monoisotopic (exact) mass is 349 g/mol. The van der Waals surface area contributed by atoms with Crippen molar-refractivity contribution in [2.24, 2.45) is 7.05 Å². The second-order valence-corrected chi connectivity index (χ2v) is 5.73. The molecule has 126 valence electrons. The summed E-state index contributed by atoms with van der Waals surface area (Å²) in [7, 11) is 1.49. The van der Waals surface area contributed by atoms with Crippen LogP contribution in [0.5, 0.6) is 11.5 Å². The normalized spacial score (nSPS) is 13.2. The molecule has 0 aliphatic carbocycles. The molecule has 1 amide bonds. The molecule has 8 heteroatoms. The number of rotatable bonds is 3. The second kappa shape index (κ2) is 6.92. The van der Waals surface area contributed by atoms with Crippen LogP contribution in [0.4, 0.5) is 0 Å². The topological polar surface area (TPSA) is 82.5 Å². The lowest BCUT2D eigenvalue weighted by Crippen LogP contribution is -2.28. The minimum absolute atomic E-state index is 0.164. The number of fused-ring (bicyclic) bond motifs is 1. The van der Waals surface area contributed by atoms with E-state index in [2.05, 4.69) is 10.4 Å². The summed E-state index contributed by atoms with van der Waals surface area (Å²) in [6, 6.07) is 6.20. The van der Waals surface area contributed by atoms with E-state index >= 15 is 0 Å². The molecule has 2 aromatic rings. The molecule has 0 bridgehead atoms. The van der Waals surface area contributed by atoms with Crippen molar-refractivity contribution in [3.8, 4) is 11.5 Å². The van der Waals surface area contributed by atoms with Crippen molar-refractivity contribution in [3.05, 3.63) is 50.9 Å². The Balaban J connectivity index is 1.73. The van der Waals surface area contributed by atoms with Gasteiger partial charge in [-0.05, 0) is 23.8 Å². The van der Waals surface area contributed by atoms with Crippen LogP contribution in [0.1, 0.15) is 22.5 Å². The number of hydrogen-bond donors (Lipinski definition) is 1. The van der Waals surface area contributed by atoms with Gasteiger partial charge in [0.25, 0.3) is 11.5 Å². The predicted molar refractivity (Wildman–Crippen MR) is 87.7 cm³/mol. The Hall–Kier alpha value is -2.54. The summed E-state index contributed by atoms with van der Waals surface area (Å²) >= 11 is 6.22. The number of halogens is 1. The van der Waals surface area contributed by atoms with Gasteiger partial charge in [0.1, 0.15) is 5.69 Å². The van der Waals surface area contributed by atoms with Gasteiger partial charge in [-0.15, -0.1) is 0 Å². The van der Waals surface area contributed by atoms with Crippen LogP contribution in [0.2, 0.25) is 5.02 Å². The molecule has 1 aromatic carbocycles. The first kappa shape index (κ1) is 16.3. The number of amides is 1. The van der Waals surface area contributed by atoms with Crippen LogP contribution in [-0.2, 0) is 13.6 Å². The molecule has 0 saturated heterocycles. The summed E-state index contributed by atoms with van der Waals surface area (Å²) in [4.78, 5) is 23.4. The van der Waals surface area contributed by atoms with E-state index in [-0.39, 0.29) is 23.7 Å². The van der Waals surface area contributed by atoms with Crippen molar-refractivity contribution in [1.29, 1.82) is 0 Å². The van der Waals surface area contributed by atoms with E-state index < -0.39 is 0 Å². The van der Waals surface area contributed by atoms with Crippen molar-refractivity contribution in [2.75, 3.05) is 13.2 Å². The molecule has 0 radical (unpaired) electrons. The van der Waals surface area contributed by atoms with Gasteiger partial charge in [-0.25, -0.2) is 4.68 Å². The quantitative estimate of drug-likeness (QED) is 0.908. The molecule has 2 heterocycles. The van der Waals surface area contributed by atoms with E-state index in [1.807, 2.05) is 0 Å². The van der Waals surface area contributed by atoms with E-state index in [0.717, 1.165) is 16.7 Å². The minimum Gasteiger partial charge on any atom is -0.489 e. The van der Waals surface area contributed by atoms with Gasteiger partial charge >= 0.3 is 0 Å². The maximum atomic E-state index is 12.1. The van der Waals surface area contributed by atoms with Crippen LogP contribution < -0.4 is 20.3 Å². The first-order valence-electron chi connectivity index (χ1n) is 7.45. The molecule has 0 saturated carbocycles. The summed E-state index contributed by atoms with van der Waals surface area (Å²) in [5, 5.41) is 7.09. The Morgan fingerprint density at radius 3 is 2.92 bits per heavy atom. The van der Waals surface area contributed by atoms with Gasteiger partial charge in [-0.1, -0.05) is 11.6 Å². The molecule has 1 aliphatic rings. The molecule has 3 rings (SSSR count). The summed E-state index contributed by atoms with van der Waals surface area (Å²) in [6.07, 6.45) is 0.787. The number of ether oxygens (including phenoxy) is 2. The lowest BCUT2D eigenvalue weighted by atomic mass is 10.2. The van der Waals surface area contributed by atoms with E-state index in [1.54, 1.807) is 12.1 Å². The molecule has 1 aliphatic heterocycles. The number of aromatic nitrogens is 2. The Morgan fingerprint density at radius 2 is 2.12 bits per heavy atom. The molecule has 0 atom stereocenters. The van der Waals surface area contributed by atoms with Crippen LogP contribution in [0.15, 0.2) is 29.1 Å². The zero-order valence-corrected chi connectivity index (χ0v) is 13.8. The first-order valence-corrected chi connectivity index (χ1v) is 7.83. The third-order valence-electron chi connectivity index (χ3n) is 3.51. The number of carbonyl (C=O) groups is 1. The Kier molecular flexibility index (Phi) is 4.71. The molecule has 0 unspecified atom stereocenters. The fourth-order valence-electron chi connectivity index (χ4n) is 2.28. The van der Waals surface area contributed by atoms with Gasteiger partial charge in [-0.2, -0.15) is 5.10 Å². The van der Waals surface area contributed by atoms with E-state index in [9.17, 15) is 9.59 Å². The summed E-state index contributed by atoms with van der Waals surface area (Å²) < 4.78 is 12.3. The summed E-state index contributed by atoms with van der Waals surface area (Å²) in [5.41, 5.74) is 0.668. The molecule has 1 aromatic heterocycles. The van der Waals surface area contributed by atoms with Crippen molar-refractivity contribution >= 4 is 17.5 Å². The zero-order valence-electron chi connectivity index (χ0n) is 13.0. The van der Waals surface area contributed by atoms with Crippen LogP contribution in [0.3, 0.4) is 0 Å². The van der Waals surface area contributed by atoms with E-state index in [0.29, 0.717) is 29.7 Å². The van der Waals surface area contributed by atoms with Crippen molar-refractivity contribution < 1.29 is 14.3 Å². The number of hydrogen-bond acceptors (Lipinski definition) is 5. The summed E-state index contributed by atoms with van der Waals surface area (Å²) in [5.74, 6) is 0.724. The highest BCUT2D eigenvalue weighted by Crippen LogP contribution is 2.37. The van der Waals surface area contributed by atoms with Gasteiger partial charge in [0, 0.05) is 26.1 Å². The number of aryl methyl sites for hydroxylation is 1. The fraction of sp³-hybridized carbons (Fsp3) is 0.312. The maximum Gasteiger partial charge on any atom is 0.271 e. The summed E-state index contributed by atoms with van der Waals surface area (Å²) in [6.45, 7) is 1.36.